The average Bonchev–Trinajstić information content (AvgIpc) is 2.65. The molecule has 1 atom stereocenters. The van der Waals surface area contributed by atoms with E-state index < -0.39 is 18.1 Å². The molecular weight excluding hydrogens is 417 g/mol. The number of carbonyl (C=O) groups excluding carboxylic acids is 2. The highest BCUT2D eigenvalue weighted by Gasteiger charge is 2.19. The zero-order chi connectivity index (χ0) is 22.4. The van der Waals surface area contributed by atoms with E-state index in [1.807, 2.05) is 0 Å². The van der Waals surface area contributed by atoms with Crippen molar-refractivity contribution in [1.29, 1.82) is 0 Å². The van der Waals surface area contributed by atoms with Gasteiger partial charge in [-0.15, -0.1) is 0 Å². The van der Waals surface area contributed by atoms with E-state index in [4.69, 9.17) is 27.9 Å². The van der Waals surface area contributed by atoms with Crippen LogP contribution in [0.5, 0.6) is 0 Å². The van der Waals surface area contributed by atoms with Crippen molar-refractivity contribution in [3.63, 3.8) is 0 Å². The lowest BCUT2D eigenvalue weighted by molar-refractivity contribution is -0.114. The molecule has 0 radical (unpaired) electrons. The first-order chi connectivity index (χ1) is 14.1. The summed E-state index contributed by atoms with van der Waals surface area (Å²) in [6, 6.07) is 5.61. The van der Waals surface area contributed by atoms with Gasteiger partial charge in [0.25, 0.3) is 0 Å². The van der Waals surface area contributed by atoms with Crippen LogP contribution in [-0.4, -0.2) is 34.0 Å². The van der Waals surface area contributed by atoms with Crippen molar-refractivity contribution in [2.24, 2.45) is 11.6 Å². The van der Waals surface area contributed by atoms with E-state index in [1.54, 1.807) is 19.1 Å². The minimum absolute atomic E-state index is 0.0234. The Labute approximate surface area is 177 Å². The van der Waals surface area contributed by atoms with Crippen LogP contribution in [0.2, 0.25) is 5.15 Å². The van der Waals surface area contributed by atoms with Crippen molar-refractivity contribution < 1.29 is 18.7 Å². The number of hydrogen-bond acceptors (Lipinski definition) is 8. The van der Waals surface area contributed by atoms with Gasteiger partial charge in [-0.2, -0.15) is 4.39 Å². The minimum Gasteiger partial charge on any atom is -0.441 e. The highest BCUT2D eigenvalue weighted by atomic mass is 35.5. The molecule has 0 spiro atoms. The third-order valence-electron chi connectivity index (χ3n) is 3.75. The lowest BCUT2D eigenvalue weighted by Crippen LogP contribution is -2.39. The molecule has 30 heavy (non-hydrogen) atoms. The first-order valence-corrected chi connectivity index (χ1v) is 8.98. The lowest BCUT2D eigenvalue weighted by atomic mass is 10.2. The molecule has 12 heteroatoms. The molecule has 0 saturated carbocycles. The maximum absolute atomic E-state index is 13.1. The standard InChI is InChI=1S/C18H21ClFN7O3/c1-9(12-5-7-14(20)25-16(12)19)30-18(29)26-17(27(3)22)15(21)13-6-4-11(8-23-13)24-10(2)28/h4-9H,21-22H2,1-3H3,(H,24,28)(H,26,29)/b17-15-. The summed E-state index contributed by atoms with van der Waals surface area (Å²) in [5.74, 6) is 4.80. The minimum atomic E-state index is -0.881. The Morgan fingerprint density at radius 3 is 2.53 bits per heavy atom. The fourth-order valence-electron chi connectivity index (χ4n) is 2.37. The molecular formula is C18H21ClFN7O3. The molecule has 0 aliphatic rings. The largest absolute Gasteiger partial charge is 0.441 e. The molecule has 0 aromatic carbocycles. The quantitative estimate of drug-likeness (QED) is 0.305. The first-order valence-electron chi connectivity index (χ1n) is 8.60. The van der Waals surface area contributed by atoms with Gasteiger partial charge < -0.3 is 15.8 Å². The first kappa shape index (κ1) is 22.8. The number of nitrogens with two attached hydrogens (primary N) is 2. The molecule has 0 fully saturated rings. The predicted octanol–water partition coefficient (Wildman–Crippen LogP) is 2.11. The molecule has 2 aromatic heterocycles. The Morgan fingerprint density at radius 2 is 2.00 bits per heavy atom. The van der Waals surface area contributed by atoms with E-state index in [2.05, 4.69) is 20.6 Å². The van der Waals surface area contributed by atoms with Crippen LogP contribution < -0.4 is 22.2 Å². The number of hydrazine groups is 1. The van der Waals surface area contributed by atoms with Crippen LogP contribution in [0.3, 0.4) is 0 Å². The SMILES string of the molecule is CC(=O)Nc1ccc(/C(N)=C(\NC(=O)OC(C)c2ccc(F)nc2Cl)N(C)N)nc1. The molecule has 0 aliphatic carbocycles. The Balaban J connectivity index is 2.17. The van der Waals surface area contributed by atoms with Gasteiger partial charge in [0.05, 0.1) is 17.6 Å². The van der Waals surface area contributed by atoms with Crippen LogP contribution in [0.1, 0.15) is 31.2 Å². The summed E-state index contributed by atoms with van der Waals surface area (Å²) in [4.78, 5) is 31.0. The molecule has 160 valence electrons. The lowest BCUT2D eigenvalue weighted by Gasteiger charge is -2.21. The van der Waals surface area contributed by atoms with Crippen LogP contribution in [0.25, 0.3) is 5.70 Å². The Bertz CT molecular complexity index is 967. The van der Waals surface area contributed by atoms with E-state index in [0.717, 1.165) is 11.1 Å². The second kappa shape index (κ2) is 9.85. The Morgan fingerprint density at radius 1 is 1.30 bits per heavy atom. The van der Waals surface area contributed by atoms with Crippen molar-refractivity contribution >= 4 is 35.0 Å². The van der Waals surface area contributed by atoms with E-state index >= 15 is 0 Å². The van der Waals surface area contributed by atoms with Gasteiger partial charge in [0, 0.05) is 19.5 Å². The van der Waals surface area contributed by atoms with Gasteiger partial charge in [-0.1, -0.05) is 11.6 Å². The number of carbonyl (C=O) groups is 2. The predicted molar refractivity (Wildman–Crippen MR) is 109 cm³/mol. The van der Waals surface area contributed by atoms with Crippen LogP contribution in [0.15, 0.2) is 36.3 Å². The summed E-state index contributed by atoms with van der Waals surface area (Å²) in [6.45, 7) is 2.91. The van der Waals surface area contributed by atoms with Crippen LogP contribution in [0.4, 0.5) is 14.9 Å². The normalized spacial score (nSPS) is 12.5. The van der Waals surface area contributed by atoms with Gasteiger partial charge in [-0.05, 0) is 31.2 Å². The summed E-state index contributed by atoms with van der Waals surface area (Å²) < 4.78 is 18.3. The molecule has 1 unspecified atom stereocenters. The van der Waals surface area contributed by atoms with Crippen molar-refractivity contribution in [2.75, 3.05) is 12.4 Å². The third-order valence-corrected chi connectivity index (χ3v) is 4.06. The Hall–Kier alpha value is -3.44. The average molecular weight is 438 g/mol. The van der Waals surface area contributed by atoms with E-state index in [1.165, 1.54) is 26.2 Å². The van der Waals surface area contributed by atoms with Crippen molar-refractivity contribution in [1.82, 2.24) is 20.3 Å². The van der Waals surface area contributed by atoms with Crippen LogP contribution >= 0.6 is 11.6 Å². The number of amides is 2. The number of nitrogens with zero attached hydrogens (tertiary/aromatic N) is 3. The van der Waals surface area contributed by atoms with Crippen molar-refractivity contribution in [3.8, 4) is 0 Å². The van der Waals surface area contributed by atoms with Gasteiger partial charge in [0.1, 0.15) is 17.0 Å². The fourth-order valence-corrected chi connectivity index (χ4v) is 2.67. The maximum atomic E-state index is 13.1. The summed E-state index contributed by atoms with van der Waals surface area (Å²) in [6.07, 6.45) is -0.305. The molecule has 2 amide bonds. The monoisotopic (exact) mass is 437 g/mol. The maximum Gasteiger partial charge on any atom is 0.413 e. The number of ether oxygens (including phenoxy) is 1. The molecule has 10 nitrogen and oxygen atoms in total. The summed E-state index contributed by atoms with van der Waals surface area (Å²) in [5.41, 5.74) is 7.25. The van der Waals surface area contributed by atoms with E-state index in [0.29, 0.717) is 16.9 Å². The second-order valence-electron chi connectivity index (χ2n) is 6.17. The van der Waals surface area contributed by atoms with E-state index in [9.17, 15) is 14.0 Å². The second-order valence-corrected chi connectivity index (χ2v) is 6.53. The third kappa shape index (κ3) is 6.03. The van der Waals surface area contributed by atoms with E-state index in [-0.39, 0.29) is 22.6 Å². The zero-order valence-corrected chi connectivity index (χ0v) is 17.2. The highest BCUT2D eigenvalue weighted by molar-refractivity contribution is 6.30. The van der Waals surface area contributed by atoms with Crippen LogP contribution in [0, 0.1) is 5.95 Å². The number of pyridine rings is 2. The summed E-state index contributed by atoms with van der Waals surface area (Å²) in [7, 11) is 1.46. The molecule has 2 heterocycles. The van der Waals surface area contributed by atoms with Crippen LogP contribution in [-0.2, 0) is 9.53 Å². The highest BCUT2D eigenvalue weighted by Crippen LogP contribution is 2.24. The zero-order valence-electron chi connectivity index (χ0n) is 16.4. The van der Waals surface area contributed by atoms with Crippen molar-refractivity contribution in [2.45, 2.75) is 20.0 Å². The summed E-state index contributed by atoms with van der Waals surface area (Å²) >= 11 is 5.88. The Kier molecular flexibility index (Phi) is 7.50. The van der Waals surface area contributed by atoms with Gasteiger partial charge in [-0.25, -0.2) is 15.6 Å². The number of halogens is 2. The van der Waals surface area contributed by atoms with Gasteiger partial charge in [0.15, 0.2) is 5.82 Å². The fraction of sp³-hybridized carbons (Fsp3) is 0.222. The number of alkyl carbamates (subject to hydrolysis) is 1. The number of rotatable bonds is 6. The summed E-state index contributed by atoms with van der Waals surface area (Å²) in [5, 5.41) is 5.98. The smallest absolute Gasteiger partial charge is 0.413 e. The molecule has 2 rings (SSSR count). The van der Waals surface area contributed by atoms with Gasteiger partial charge in [-0.3, -0.25) is 20.1 Å². The molecule has 0 aliphatic heterocycles. The van der Waals surface area contributed by atoms with Crippen molar-refractivity contribution in [3.05, 3.63) is 58.6 Å². The number of hydrogen-bond donors (Lipinski definition) is 4. The number of anilines is 1. The van der Waals surface area contributed by atoms with Gasteiger partial charge >= 0.3 is 6.09 Å². The van der Waals surface area contributed by atoms with Gasteiger partial charge in [0.2, 0.25) is 11.9 Å². The molecule has 0 saturated heterocycles. The number of aromatic nitrogens is 2. The topological polar surface area (TPSA) is 148 Å². The molecule has 6 N–H and O–H groups in total. The molecule has 2 aromatic rings. The molecule has 0 bridgehead atoms. The number of nitrogens with one attached hydrogen (secondary N) is 2.